The number of carboxylic acid groups (broad SMARTS) is 1. The molecule has 1 aromatic carbocycles. The summed E-state index contributed by atoms with van der Waals surface area (Å²) >= 11 is 0. The second kappa shape index (κ2) is 11.0. The normalized spacial score (nSPS) is 14.3. The van der Waals surface area contributed by atoms with Crippen molar-refractivity contribution >= 4 is 18.0 Å². The third-order valence-electron chi connectivity index (χ3n) is 4.49. The number of rotatable bonds is 9. The van der Waals surface area contributed by atoms with Crippen LogP contribution in [-0.2, 0) is 20.7 Å². The van der Waals surface area contributed by atoms with Gasteiger partial charge in [-0.2, -0.15) is 0 Å². The number of nitrogens with one attached hydrogen (secondary N) is 2. The number of aliphatic carboxylic acids is 1. The number of hydrogen-bond donors (Lipinski definition) is 3. The van der Waals surface area contributed by atoms with E-state index in [1.807, 2.05) is 0 Å². The van der Waals surface area contributed by atoms with Crippen LogP contribution in [-0.4, -0.2) is 40.8 Å². The molecule has 0 saturated heterocycles. The first kappa shape index (κ1) is 26.3. The molecule has 31 heavy (non-hydrogen) atoms. The van der Waals surface area contributed by atoms with Gasteiger partial charge in [0, 0.05) is 12.1 Å². The van der Waals surface area contributed by atoms with Crippen molar-refractivity contribution in [1.82, 2.24) is 10.6 Å². The zero-order valence-electron chi connectivity index (χ0n) is 18.2. The maximum Gasteiger partial charge on any atom is 0.408 e. The zero-order valence-corrected chi connectivity index (χ0v) is 18.2. The summed E-state index contributed by atoms with van der Waals surface area (Å²) in [6.45, 7) is 8.48. The van der Waals surface area contributed by atoms with E-state index >= 15 is 0 Å². The van der Waals surface area contributed by atoms with Crippen LogP contribution in [0.1, 0.15) is 53.0 Å². The Hall–Kier alpha value is -2.78. The average molecular weight is 446 g/mol. The van der Waals surface area contributed by atoms with Crippen molar-refractivity contribution in [2.24, 2.45) is 5.92 Å². The molecule has 3 atom stereocenters. The van der Waals surface area contributed by atoms with E-state index in [1.165, 1.54) is 0 Å². The van der Waals surface area contributed by atoms with Gasteiger partial charge in [-0.25, -0.2) is 18.0 Å². The number of hydrogen-bond acceptors (Lipinski definition) is 4. The van der Waals surface area contributed by atoms with Gasteiger partial charge < -0.3 is 20.5 Å². The largest absolute Gasteiger partial charge is 0.481 e. The highest BCUT2D eigenvalue weighted by Gasteiger charge is 2.30. The van der Waals surface area contributed by atoms with Gasteiger partial charge in [0.25, 0.3) is 0 Å². The number of benzene rings is 1. The van der Waals surface area contributed by atoms with Crippen molar-refractivity contribution < 1.29 is 37.4 Å². The lowest BCUT2D eigenvalue weighted by molar-refractivity contribution is -0.137. The minimum atomic E-state index is -1.38. The molecule has 1 aromatic rings. The number of halogens is 3. The Morgan fingerprint density at radius 2 is 1.65 bits per heavy atom. The summed E-state index contributed by atoms with van der Waals surface area (Å²) in [5, 5.41) is 14.1. The van der Waals surface area contributed by atoms with Crippen LogP contribution < -0.4 is 10.6 Å². The molecule has 3 unspecified atom stereocenters. The average Bonchev–Trinajstić information content (AvgIpc) is 2.61. The third-order valence-corrected chi connectivity index (χ3v) is 4.49. The molecule has 0 fully saturated rings. The van der Waals surface area contributed by atoms with Crippen molar-refractivity contribution in [2.45, 2.75) is 71.6 Å². The van der Waals surface area contributed by atoms with Crippen LogP contribution in [0.15, 0.2) is 12.1 Å². The molecule has 1 rings (SSSR count). The first-order valence-corrected chi connectivity index (χ1v) is 9.88. The lowest BCUT2D eigenvalue weighted by Gasteiger charge is -2.28. The van der Waals surface area contributed by atoms with E-state index in [2.05, 4.69) is 10.6 Å². The molecule has 3 N–H and O–H groups in total. The molecule has 0 spiro atoms. The van der Waals surface area contributed by atoms with E-state index in [4.69, 9.17) is 9.84 Å². The van der Waals surface area contributed by atoms with Gasteiger partial charge in [0.15, 0.2) is 11.6 Å². The lowest BCUT2D eigenvalue weighted by Crippen LogP contribution is -2.54. The molecule has 10 heteroatoms. The number of carbonyl (C=O) groups is 3. The van der Waals surface area contributed by atoms with E-state index in [0.717, 1.165) is 0 Å². The highest BCUT2D eigenvalue weighted by molar-refractivity contribution is 5.86. The van der Waals surface area contributed by atoms with Crippen molar-refractivity contribution in [1.29, 1.82) is 0 Å². The molecule has 0 heterocycles. The maximum atomic E-state index is 14.0. The van der Waals surface area contributed by atoms with Crippen molar-refractivity contribution in [2.75, 3.05) is 0 Å². The molecule has 0 aliphatic heterocycles. The third kappa shape index (κ3) is 8.85. The number of carboxylic acids is 1. The van der Waals surface area contributed by atoms with E-state index in [9.17, 15) is 27.6 Å². The van der Waals surface area contributed by atoms with Crippen LogP contribution in [0.5, 0.6) is 0 Å². The number of ether oxygens (including phenoxy) is 1. The Morgan fingerprint density at radius 3 is 2.16 bits per heavy atom. The van der Waals surface area contributed by atoms with Crippen molar-refractivity contribution in [3.8, 4) is 0 Å². The molecule has 0 radical (unpaired) electrons. The van der Waals surface area contributed by atoms with Gasteiger partial charge >= 0.3 is 12.1 Å². The fourth-order valence-electron chi connectivity index (χ4n) is 2.80. The van der Waals surface area contributed by atoms with Gasteiger partial charge in [-0.15, -0.1) is 0 Å². The molecular formula is C21H29F3N2O5. The van der Waals surface area contributed by atoms with Gasteiger partial charge in [0.05, 0.1) is 6.42 Å². The van der Waals surface area contributed by atoms with E-state index in [-0.39, 0.29) is 17.9 Å². The topological polar surface area (TPSA) is 105 Å². The molecule has 0 saturated carbocycles. The molecule has 0 bridgehead atoms. The van der Waals surface area contributed by atoms with Crippen molar-refractivity contribution in [3.63, 3.8) is 0 Å². The SMILES string of the molecule is CCC(C)C(NC(=O)OC(C)(C)C)C(=O)NC(CC(=O)O)Cc1cc(F)c(F)cc1F. The first-order valence-electron chi connectivity index (χ1n) is 9.88. The van der Waals surface area contributed by atoms with Crippen LogP contribution >= 0.6 is 0 Å². The first-order chi connectivity index (χ1) is 14.2. The second-order valence-electron chi connectivity index (χ2n) is 8.37. The standard InChI is InChI=1S/C21H29F3N2O5/c1-6-11(2)18(26-20(30)31-21(3,4)5)19(29)25-13(9-17(27)28)7-12-8-15(23)16(24)10-14(12)22/h8,10-11,13,18H,6-7,9H2,1-5H3,(H,25,29)(H,26,30)(H,27,28). The highest BCUT2D eigenvalue weighted by Crippen LogP contribution is 2.17. The Kier molecular flexibility index (Phi) is 9.33. The molecule has 0 aliphatic rings. The van der Waals surface area contributed by atoms with Gasteiger partial charge in [-0.1, -0.05) is 20.3 Å². The smallest absolute Gasteiger partial charge is 0.408 e. The molecule has 2 amide bonds. The van der Waals surface area contributed by atoms with Crippen molar-refractivity contribution in [3.05, 3.63) is 35.1 Å². The Bertz CT molecular complexity index is 811. The van der Waals surface area contributed by atoms with E-state index < -0.39 is 59.5 Å². The van der Waals surface area contributed by atoms with E-state index in [0.29, 0.717) is 18.6 Å². The quantitative estimate of drug-likeness (QED) is 0.503. The van der Waals surface area contributed by atoms with E-state index in [1.54, 1.807) is 34.6 Å². The number of carbonyl (C=O) groups excluding carboxylic acids is 2. The summed E-state index contributed by atoms with van der Waals surface area (Å²) in [4.78, 5) is 36.2. The monoisotopic (exact) mass is 446 g/mol. The van der Waals surface area contributed by atoms with Gasteiger partial charge in [-0.3, -0.25) is 9.59 Å². The minimum absolute atomic E-state index is 0.286. The van der Waals surface area contributed by atoms with Gasteiger partial charge in [0.1, 0.15) is 17.5 Å². The minimum Gasteiger partial charge on any atom is -0.481 e. The fraction of sp³-hybridized carbons (Fsp3) is 0.571. The second-order valence-corrected chi connectivity index (χ2v) is 8.37. The summed E-state index contributed by atoms with van der Waals surface area (Å²) in [6, 6.07) is -1.20. The van der Waals surface area contributed by atoms with Gasteiger partial charge in [0.2, 0.25) is 5.91 Å². The lowest BCUT2D eigenvalue weighted by atomic mass is 9.97. The molecule has 0 aliphatic carbocycles. The summed E-state index contributed by atoms with van der Waals surface area (Å²) in [5.74, 6) is -6.05. The molecule has 0 aromatic heterocycles. The fourth-order valence-corrected chi connectivity index (χ4v) is 2.80. The Labute approximate surface area is 179 Å². The molecule has 174 valence electrons. The van der Waals surface area contributed by atoms with Crippen LogP contribution in [0.4, 0.5) is 18.0 Å². The molecule has 7 nitrogen and oxygen atoms in total. The van der Waals surface area contributed by atoms with Gasteiger partial charge in [-0.05, 0) is 44.7 Å². The number of alkyl carbamates (subject to hydrolysis) is 1. The molecular weight excluding hydrogens is 417 g/mol. The summed E-state index contributed by atoms with van der Waals surface area (Å²) in [7, 11) is 0. The van der Waals surface area contributed by atoms with Crippen LogP contribution in [0.2, 0.25) is 0 Å². The summed E-state index contributed by atoms with van der Waals surface area (Å²) < 4.78 is 45.8. The maximum absolute atomic E-state index is 14.0. The predicted octanol–water partition coefficient (Wildman–Crippen LogP) is 3.55. The predicted molar refractivity (Wildman–Crippen MR) is 107 cm³/mol. The van der Waals surface area contributed by atoms with Crippen LogP contribution in [0.25, 0.3) is 0 Å². The van der Waals surface area contributed by atoms with Crippen LogP contribution in [0, 0.1) is 23.4 Å². The zero-order chi connectivity index (χ0) is 23.9. The summed E-state index contributed by atoms with van der Waals surface area (Å²) in [5.41, 5.74) is -1.08. The summed E-state index contributed by atoms with van der Waals surface area (Å²) in [6.07, 6.45) is -1.30. The highest BCUT2D eigenvalue weighted by atomic mass is 19.2. The van der Waals surface area contributed by atoms with Crippen LogP contribution in [0.3, 0.4) is 0 Å². The Morgan fingerprint density at radius 1 is 1.06 bits per heavy atom. The number of amides is 2. The Balaban J connectivity index is 3.04.